The van der Waals surface area contributed by atoms with E-state index in [-0.39, 0.29) is 0 Å². The van der Waals surface area contributed by atoms with E-state index in [0.29, 0.717) is 6.04 Å². The molecular weight excluding hydrogens is 248 g/mol. The van der Waals surface area contributed by atoms with Gasteiger partial charge in [0.1, 0.15) is 0 Å². The number of morpholine rings is 1. The summed E-state index contributed by atoms with van der Waals surface area (Å²) in [5.74, 6) is 0. The molecule has 120 valence electrons. The first-order chi connectivity index (χ1) is 9.83. The van der Waals surface area contributed by atoms with Crippen LogP contribution in [0.15, 0.2) is 0 Å². The van der Waals surface area contributed by atoms with Crippen molar-refractivity contribution < 1.29 is 4.74 Å². The van der Waals surface area contributed by atoms with Crippen molar-refractivity contribution in [2.24, 2.45) is 0 Å². The summed E-state index contributed by atoms with van der Waals surface area (Å²) < 4.78 is 5.38. The highest BCUT2D eigenvalue weighted by Gasteiger charge is 2.12. The highest BCUT2D eigenvalue weighted by atomic mass is 16.5. The minimum Gasteiger partial charge on any atom is -0.379 e. The topological polar surface area (TPSA) is 24.5 Å². The molecule has 0 bridgehead atoms. The normalized spacial score (nSPS) is 18.3. The Bertz CT molecular complexity index is 205. The molecular formula is C17H36N2O. The molecule has 1 atom stereocenters. The summed E-state index contributed by atoms with van der Waals surface area (Å²) in [4.78, 5) is 2.51. The third-order valence-electron chi connectivity index (χ3n) is 4.16. The van der Waals surface area contributed by atoms with Crippen LogP contribution >= 0.6 is 0 Å². The lowest BCUT2D eigenvalue weighted by Crippen LogP contribution is -2.44. The molecule has 0 amide bonds. The maximum atomic E-state index is 5.38. The zero-order valence-corrected chi connectivity index (χ0v) is 13.8. The summed E-state index contributed by atoms with van der Waals surface area (Å²) in [5.41, 5.74) is 0. The average molecular weight is 284 g/mol. The molecule has 0 aromatic carbocycles. The van der Waals surface area contributed by atoms with Crippen LogP contribution in [0.25, 0.3) is 0 Å². The standard InChI is InChI=1S/C17H36N2O/c1-3-4-5-6-7-8-9-10-11-18-17(2)16-19-12-14-20-15-13-19/h17-18H,3-16H2,1-2H3. The van der Waals surface area contributed by atoms with Crippen LogP contribution in [0.4, 0.5) is 0 Å². The molecule has 1 unspecified atom stereocenters. The minimum atomic E-state index is 0.609. The van der Waals surface area contributed by atoms with Crippen LogP contribution in [0.5, 0.6) is 0 Å². The fraction of sp³-hybridized carbons (Fsp3) is 1.00. The van der Waals surface area contributed by atoms with Crippen molar-refractivity contribution in [3.05, 3.63) is 0 Å². The van der Waals surface area contributed by atoms with Crippen molar-refractivity contribution in [3.63, 3.8) is 0 Å². The number of hydrogen-bond donors (Lipinski definition) is 1. The first-order valence-corrected chi connectivity index (χ1v) is 8.86. The van der Waals surface area contributed by atoms with E-state index in [4.69, 9.17) is 4.74 Å². The predicted octanol–water partition coefficient (Wildman–Crippen LogP) is 3.44. The van der Waals surface area contributed by atoms with Crippen LogP contribution in [0.3, 0.4) is 0 Å². The van der Waals surface area contributed by atoms with Gasteiger partial charge in [0, 0.05) is 25.7 Å². The molecule has 3 heteroatoms. The molecule has 0 aliphatic carbocycles. The number of ether oxygens (including phenoxy) is 1. The van der Waals surface area contributed by atoms with Gasteiger partial charge in [-0.1, -0.05) is 51.9 Å². The quantitative estimate of drug-likeness (QED) is 0.556. The van der Waals surface area contributed by atoms with Crippen molar-refractivity contribution in [2.75, 3.05) is 39.4 Å². The van der Waals surface area contributed by atoms with Crippen molar-refractivity contribution in [3.8, 4) is 0 Å². The Balaban J connectivity index is 1.83. The molecule has 0 saturated carbocycles. The zero-order chi connectivity index (χ0) is 14.5. The molecule has 1 N–H and O–H groups in total. The van der Waals surface area contributed by atoms with Crippen LogP contribution in [-0.4, -0.2) is 50.3 Å². The van der Waals surface area contributed by atoms with Crippen molar-refractivity contribution >= 4 is 0 Å². The molecule has 0 aromatic rings. The first kappa shape index (κ1) is 17.9. The summed E-state index contributed by atoms with van der Waals surface area (Å²) in [6.07, 6.45) is 11.2. The number of nitrogens with one attached hydrogen (secondary N) is 1. The molecule has 1 aliphatic heterocycles. The lowest BCUT2D eigenvalue weighted by Gasteiger charge is -2.29. The van der Waals surface area contributed by atoms with Crippen LogP contribution in [0.2, 0.25) is 0 Å². The van der Waals surface area contributed by atoms with E-state index in [2.05, 4.69) is 24.1 Å². The summed E-state index contributed by atoms with van der Waals surface area (Å²) in [6.45, 7) is 11.0. The van der Waals surface area contributed by atoms with Crippen molar-refractivity contribution in [2.45, 2.75) is 71.3 Å². The Morgan fingerprint density at radius 3 is 2.20 bits per heavy atom. The number of rotatable bonds is 12. The smallest absolute Gasteiger partial charge is 0.0594 e. The zero-order valence-electron chi connectivity index (χ0n) is 13.8. The van der Waals surface area contributed by atoms with Gasteiger partial charge < -0.3 is 10.1 Å². The highest BCUT2D eigenvalue weighted by Crippen LogP contribution is 2.08. The second-order valence-electron chi connectivity index (χ2n) is 6.24. The summed E-state index contributed by atoms with van der Waals surface area (Å²) in [5, 5.41) is 3.66. The van der Waals surface area contributed by atoms with Crippen LogP contribution in [-0.2, 0) is 4.74 Å². The Morgan fingerprint density at radius 1 is 0.950 bits per heavy atom. The lowest BCUT2D eigenvalue weighted by molar-refractivity contribution is 0.0344. The van der Waals surface area contributed by atoms with Gasteiger partial charge in [-0.25, -0.2) is 0 Å². The van der Waals surface area contributed by atoms with Gasteiger partial charge in [0.05, 0.1) is 13.2 Å². The minimum absolute atomic E-state index is 0.609. The monoisotopic (exact) mass is 284 g/mol. The number of unbranched alkanes of at least 4 members (excludes halogenated alkanes) is 7. The summed E-state index contributed by atoms with van der Waals surface area (Å²) in [7, 11) is 0. The second kappa shape index (κ2) is 12.6. The fourth-order valence-electron chi connectivity index (χ4n) is 2.84. The Morgan fingerprint density at radius 2 is 1.55 bits per heavy atom. The van der Waals surface area contributed by atoms with Gasteiger partial charge in [0.25, 0.3) is 0 Å². The maximum Gasteiger partial charge on any atom is 0.0594 e. The molecule has 1 aliphatic rings. The van der Waals surface area contributed by atoms with Gasteiger partial charge in [-0.15, -0.1) is 0 Å². The van der Waals surface area contributed by atoms with Gasteiger partial charge in [-0.3, -0.25) is 4.90 Å². The van der Waals surface area contributed by atoms with E-state index in [1.807, 2.05) is 0 Å². The SMILES string of the molecule is CCCCCCCCCCNC(C)CN1CCOCC1. The molecule has 1 rings (SSSR count). The molecule has 1 heterocycles. The van der Waals surface area contributed by atoms with Gasteiger partial charge >= 0.3 is 0 Å². The van der Waals surface area contributed by atoms with Crippen LogP contribution in [0.1, 0.15) is 65.2 Å². The number of hydrogen-bond acceptors (Lipinski definition) is 3. The van der Waals surface area contributed by atoms with Crippen molar-refractivity contribution in [1.29, 1.82) is 0 Å². The summed E-state index contributed by atoms with van der Waals surface area (Å²) >= 11 is 0. The fourth-order valence-corrected chi connectivity index (χ4v) is 2.84. The van der Waals surface area contributed by atoms with E-state index in [1.165, 1.54) is 64.5 Å². The predicted molar refractivity (Wildman–Crippen MR) is 87.3 cm³/mol. The van der Waals surface area contributed by atoms with E-state index >= 15 is 0 Å². The second-order valence-corrected chi connectivity index (χ2v) is 6.24. The van der Waals surface area contributed by atoms with E-state index in [9.17, 15) is 0 Å². The number of nitrogens with zero attached hydrogens (tertiary/aromatic N) is 1. The molecule has 1 saturated heterocycles. The van der Waals surface area contributed by atoms with Gasteiger partial charge in [-0.05, 0) is 19.9 Å². The largest absolute Gasteiger partial charge is 0.379 e. The Kier molecular flexibility index (Phi) is 11.3. The van der Waals surface area contributed by atoms with Gasteiger partial charge in [0.2, 0.25) is 0 Å². The molecule has 0 aromatic heterocycles. The third-order valence-corrected chi connectivity index (χ3v) is 4.16. The molecule has 0 radical (unpaired) electrons. The molecule has 1 fully saturated rings. The summed E-state index contributed by atoms with van der Waals surface area (Å²) in [6, 6.07) is 0.609. The molecule has 3 nitrogen and oxygen atoms in total. The first-order valence-electron chi connectivity index (χ1n) is 8.86. The lowest BCUT2D eigenvalue weighted by atomic mass is 10.1. The van der Waals surface area contributed by atoms with E-state index in [1.54, 1.807) is 0 Å². The van der Waals surface area contributed by atoms with E-state index < -0.39 is 0 Å². The Hall–Kier alpha value is -0.120. The van der Waals surface area contributed by atoms with Gasteiger partial charge in [-0.2, -0.15) is 0 Å². The third kappa shape index (κ3) is 9.73. The van der Waals surface area contributed by atoms with E-state index in [0.717, 1.165) is 26.3 Å². The molecule has 0 spiro atoms. The maximum absolute atomic E-state index is 5.38. The Labute approximate surface area is 126 Å². The highest BCUT2D eigenvalue weighted by molar-refractivity contribution is 4.69. The van der Waals surface area contributed by atoms with Crippen LogP contribution < -0.4 is 5.32 Å². The van der Waals surface area contributed by atoms with Crippen LogP contribution in [0, 0.1) is 0 Å². The molecule has 20 heavy (non-hydrogen) atoms. The van der Waals surface area contributed by atoms with Gasteiger partial charge in [0.15, 0.2) is 0 Å². The average Bonchev–Trinajstić information content (AvgIpc) is 2.46. The van der Waals surface area contributed by atoms with Crippen molar-refractivity contribution in [1.82, 2.24) is 10.2 Å².